The fraction of sp³-hybridized carbons (Fsp3) is 0.0909. The molecule has 0 aliphatic heterocycles. The van der Waals surface area contributed by atoms with Gasteiger partial charge in [-0.15, -0.1) is 0 Å². The summed E-state index contributed by atoms with van der Waals surface area (Å²) in [5.41, 5.74) is 1.15. The van der Waals surface area contributed by atoms with Crippen molar-refractivity contribution in [3.63, 3.8) is 0 Å². The predicted octanol–water partition coefficient (Wildman–Crippen LogP) is 3.62. The maximum Gasteiger partial charge on any atom is 0.137 e. The Morgan fingerprint density at radius 3 is 2.62 bits per heavy atom. The highest BCUT2D eigenvalue weighted by Crippen LogP contribution is 2.32. The normalized spacial score (nSPS) is 10.6. The summed E-state index contributed by atoms with van der Waals surface area (Å²) in [5.74, 6) is 0.321. The third-order valence-corrected chi connectivity index (χ3v) is 2.74. The maximum absolute atomic E-state index is 9.74. The molecule has 2 aromatic rings. The minimum Gasteiger partial charge on any atom is -0.506 e. The summed E-state index contributed by atoms with van der Waals surface area (Å²) in [6.07, 6.45) is 0. The van der Waals surface area contributed by atoms with E-state index in [2.05, 4.69) is 15.9 Å². The molecule has 0 heterocycles. The van der Waals surface area contributed by atoms with Gasteiger partial charge in [-0.3, -0.25) is 0 Å². The molecule has 13 heavy (non-hydrogen) atoms. The van der Waals surface area contributed by atoms with Crippen LogP contribution >= 0.6 is 15.9 Å². The van der Waals surface area contributed by atoms with Crippen molar-refractivity contribution in [2.75, 3.05) is 0 Å². The van der Waals surface area contributed by atoms with Gasteiger partial charge in [0.2, 0.25) is 0 Å². The molecule has 0 fully saturated rings. The van der Waals surface area contributed by atoms with Gasteiger partial charge >= 0.3 is 0 Å². The summed E-state index contributed by atoms with van der Waals surface area (Å²) >= 11 is 3.29. The van der Waals surface area contributed by atoms with Crippen LogP contribution in [-0.2, 0) is 0 Å². The number of benzene rings is 2. The first-order chi connectivity index (χ1) is 6.18. The number of hydrogen-bond acceptors (Lipinski definition) is 1. The van der Waals surface area contributed by atoms with Crippen molar-refractivity contribution in [1.29, 1.82) is 0 Å². The van der Waals surface area contributed by atoms with E-state index in [0.29, 0.717) is 5.75 Å². The Bertz CT molecular complexity index is 458. The second-order valence-electron chi connectivity index (χ2n) is 3.12. The first kappa shape index (κ1) is 8.57. The second kappa shape index (κ2) is 3.04. The maximum atomic E-state index is 9.74. The molecule has 0 radical (unpaired) electrons. The molecule has 66 valence electrons. The van der Waals surface area contributed by atoms with Gasteiger partial charge in [0, 0.05) is 5.39 Å². The Labute approximate surface area is 85.1 Å². The van der Waals surface area contributed by atoms with Gasteiger partial charge in [-0.2, -0.15) is 0 Å². The fourth-order valence-electron chi connectivity index (χ4n) is 1.39. The number of fused-ring (bicyclic) bond motifs is 1. The number of halogens is 1. The van der Waals surface area contributed by atoms with Crippen molar-refractivity contribution in [3.05, 3.63) is 40.4 Å². The van der Waals surface area contributed by atoms with E-state index in [0.717, 1.165) is 20.8 Å². The van der Waals surface area contributed by atoms with Crippen molar-refractivity contribution in [2.24, 2.45) is 0 Å². The van der Waals surface area contributed by atoms with Crippen LogP contribution in [0.2, 0.25) is 0 Å². The van der Waals surface area contributed by atoms with Crippen LogP contribution in [0.5, 0.6) is 5.75 Å². The third kappa shape index (κ3) is 1.42. The molecule has 0 spiro atoms. The zero-order valence-corrected chi connectivity index (χ0v) is 8.80. The van der Waals surface area contributed by atoms with E-state index >= 15 is 0 Å². The monoisotopic (exact) mass is 236 g/mol. The Kier molecular flexibility index (Phi) is 2.00. The summed E-state index contributed by atoms with van der Waals surface area (Å²) in [4.78, 5) is 0. The lowest BCUT2D eigenvalue weighted by Crippen LogP contribution is -1.77. The van der Waals surface area contributed by atoms with Crippen LogP contribution in [-0.4, -0.2) is 5.11 Å². The standard InChI is InChI=1S/C11H9BrO/c1-7-2-3-8-4-5-10(12)11(13)9(8)6-7/h2-6,13H,1H3. The quantitative estimate of drug-likeness (QED) is 0.741. The smallest absolute Gasteiger partial charge is 0.137 e. The van der Waals surface area contributed by atoms with Crippen LogP contribution in [0.4, 0.5) is 0 Å². The molecule has 0 atom stereocenters. The zero-order chi connectivity index (χ0) is 9.42. The van der Waals surface area contributed by atoms with Crippen molar-refractivity contribution in [1.82, 2.24) is 0 Å². The minimum absolute atomic E-state index is 0.321. The van der Waals surface area contributed by atoms with Crippen LogP contribution in [0, 0.1) is 6.92 Å². The van der Waals surface area contributed by atoms with Gasteiger partial charge in [0.05, 0.1) is 4.47 Å². The van der Waals surface area contributed by atoms with E-state index in [-0.39, 0.29) is 0 Å². The average molecular weight is 237 g/mol. The molecule has 0 unspecified atom stereocenters. The van der Waals surface area contributed by atoms with E-state index < -0.39 is 0 Å². The molecule has 1 nitrogen and oxygen atoms in total. The van der Waals surface area contributed by atoms with Crippen LogP contribution < -0.4 is 0 Å². The summed E-state index contributed by atoms with van der Waals surface area (Å²) in [5, 5.41) is 11.7. The van der Waals surface area contributed by atoms with Gasteiger partial charge in [-0.1, -0.05) is 23.8 Å². The molecule has 0 aliphatic carbocycles. The molecule has 2 aromatic carbocycles. The molecular formula is C11H9BrO. The SMILES string of the molecule is Cc1ccc2ccc(Br)c(O)c2c1. The number of hydrogen-bond donors (Lipinski definition) is 1. The van der Waals surface area contributed by atoms with Gasteiger partial charge in [0.15, 0.2) is 0 Å². The summed E-state index contributed by atoms with van der Waals surface area (Å²) in [6, 6.07) is 9.87. The van der Waals surface area contributed by atoms with Gasteiger partial charge in [-0.25, -0.2) is 0 Å². The molecule has 0 aromatic heterocycles. The molecule has 2 heteroatoms. The fourth-order valence-corrected chi connectivity index (χ4v) is 1.74. The summed E-state index contributed by atoms with van der Waals surface area (Å²) in [6.45, 7) is 2.01. The summed E-state index contributed by atoms with van der Waals surface area (Å²) < 4.78 is 0.741. The van der Waals surface area contributed by atoms with Crippen molar-refractivity contribution >= 4 is 26.7 Å². The van der Waals surface area contributed by atoms with E-state index in [1.54, 1.807) is 0 Å². The van der Waals surface area contributed by atoms with Crippen LogP contribution in [0.3, 0.4) is 0 Å². The minimum atomic E-state index is 0.321. The van der Waals surface area contributed by atoms with E-state index in [9.17, 15) is 5.11 Å². The highest BCUT2D eigenvalue weighted by atomic mass is 79.9. The Hall–Kier alpha value is -1.02. The molecule has 0 bridgehead atoms. The molecule has 0 saturated carbocycles. The van der Waals surface area contributed by atoms with E-state index in [1.807, 2.05) is 37.3 Å². The van der Waals surface area contributed by atoms with Gasteiger partial charge < -0.3 is 5.11 Å². The number of aromatic hydroxyl groups is 1. The van der Waals surface area contributed by atoms with Crippen LogP contribution in [0.1, 0.15) is 5.56 Å². The first-order valence-corrected chi connectivity index (χ1v) is 4.85. The molecule has 1 N–H and O–H groups in total. The Balaban J connectivity index is 2.89. The lowest BCUT2D eigenvalue weighted by Gasteiger charge is -2.03. The molecule has 0 aliphatic rings. The van der Waals surface area contributed by atoms with Crippen molar-refractivity contribution < 1.29 is 5.11 Å². The van der Waals surface area contributed by atoms with Crippen molar-refractivity contribution in [2.45, 2.75) is 6.92 Å². The lowest BCUT2D eigenvalue weighted by atomic mass is 10.1. The molecular weight excluding hydrogens is 228 g/mol. The highest BCUT2D eigenvalue weighted by molar-refractivity contribution is 9.10. The molecule has 0 saturated heterocycles. The Morgan fingerprint density at radius 2 is 1.85 bits per heavy atom. The van der Waals surface area contributed by atoms with Crippen LogP contribution in [0.15, 0.2) is 34.8 Å². The zero-order valence-electron chi connectivity index (χ0n) is 7.21. The largest absolute Gasteiger partial charge is 0.506 e. The lowest BCUT2D eigenvalue weighted by molar-refractivity contribution is 0.478. The first-order valence-electron chi connectivity index (χ1n) is 4.06. The van der Waals surface area contributed by atoms with Gasteiger partial charge in [0.1, 0.15) is 5.75 Å². The second-order valence-corrected chi connectivity index (χ2v) is 3.97. The number of phenols is 1. The number of rotatable bonds is 0. The third-order valence-electron chi connectivity index (χ3n) is 2.10. The number of phenolic OH excluding ortho intramolecular Hbond substituents is 1. The predicted molar refractivity (Wildman–Crippen MR) is 58.0 cm³/mol. The van der Waals surface area contributed by atoms with Crippen molar-refractivity contribution in [3.8, 4) is 5.75 Å². The van der Waals surface area contributed by atoms with E-state index in [1.165, 1.54) is 0 Å². The molecule has 0 amide bonds. The van der Waals surface area contributed by atoms with E-state index in [4.69, 9.17) is 0 Å². The van der Waals surface area contributed by atoms with Gasteiger partial charge in [-0.05, 0) is 40.4 Å². The number of aryl methyl sites for hydroxylation is 1. The van der Waals surface area contributed by atoms with Gasteiger partial charge in [0.25, 0.3) is 0 Å². The summed E-state index contributed by atoms with van der Waals surface area (Å²) in [7, 11) is 0. The highest BCUT2D eigenvalue weighted by Gasteiger charge is 2.03. The Morgan fingerprint density at radius 1 is 1.15 bits per heavy atom. The topological polar surface area (TPSA) is 20.2 Å². The molecule has 2 rings (SSSR count). The average Bonchev–Trinajstić information content (AvgIpc) is 2.12. The van der Waals surface area contributed by atoms with Crippen LogP contribution in [0.25, 0.3) is 10.8 Å².